The highest BCUT2D eigenvalue weighted by atomic mass is 15.1. The van der Waals surface area contributed by atoms with Crippen molar-refractivity contribution in [1.82, 2.24) is 14.5 Å². The normalized spacial score (nSPS) is 13.6. The molecule has 1 atom stereocenters. The number of pyridine rings is 1. The summed E-state index contributed by atoms with van der Waals surface area (Å²) in [6.45, 7) is 5.28. The highest BCUT2D eigenvalue weighted by Gasteiger charge is 2.08. The van der Waals surface area contributed by atoms with Gasteiger partial charge in [0.2, 0.25) is 0 Å². The molecule has 2 heterocycles. The molecule has 0 aliphatic rings. The smallest absolute Gasteiger partial charge is 0.139 e. The molecule has 0 aliphatic carbocycles. The van der Waals surface area contributed by atoms with Gasteiger partial charge in [0, 0.05) is 30.4 Å². The van der Waals surface area contributed by atoms with Crippen molar-refractivity contribution in [2.24, 2.45) is 0 Å². The van der Waals surface area contributed by atoms with Crippen LogP contribution in [0.1, 0.15) is 12.5 Å². The Bertz CT molecular complexity index is 485. The van der Waals surface area contributed by atoms with E-state index < -0.39 is 0 Å². The summed E-state index contributed by atoms with van der Waals surface area (Å²) < 4.78 is 2.22. The molecule has 0 amide bonds. The van der Waals surface area contributed by atoms with Gasteiger partial charge in [0.05, 0.1) is 0 Å². The van der Waals surface area contributed by atoms with Gasteiger partial charge in [-0.05, 0) is 45.6 Å². The fourth-order valence-electron chi connectivity index (χ4n) is 1.78. The molecular formula is C13H19N3. The predicted octanol–water partition coefficient (Wildman–Crippen LogP) is 2.29. The number of hydrogen-bond acceptors (Lipinski definition) is 2. The maximum Gasteiger partial charge on any atom is 0.139 e. The zero-order valence-corrected chi connectivity index (χ0v) is 10.4. The van der Waals surface area contributed by atoms with Gasteiger partial charge in [-0.2, -0.15) is 0 Å². The van der Waals surface area contributed by atoms with Crippen molar-refractivity contribution in [2.75, 3.05) is 14.1 Å². The van der Waals surface area contributed by atoms with Crippen LogP contribution in [-0.2, 0) is 6.54 Å². The van der Waals surface area contributed by atoms with Crippen LogP contribution in [0, 0.1) is 6.92 Å². The summed E-state index contributed by atoms with van der Waals surface area (Å²) in [6, 6.07) is 4.83. The highest BCUT2D eigenvalue weighted by Crippen LogP contribution is 2.15. The molecule has 0 N–H and O–H groups in total. The SMILES string of the molecule is Cc1cnc2c(ccn2C[C@@H](C)N(C)C)c1. The first-order chi connectivity index (χ1) is 7.58. The van der Waals surface area contributed by atoms with Crippen LogP contribution in [-0.4, -0.2) is 34.6 Å². The second kappa shape index (κ2) is 4.26. The van der Waals surface area contributed by atoms with Gasteiger partial charge in [-0.25, -0.2) is 4.98 Å². The van der Waals surface area contributed by atoms with Gasteiger partial charge in [-0.1, -0.05) is 0 Å². The van der Waals surface area contributed by atoms with E-state index in [-0.39, 0.29) is 0 Å². The number of aromatic nitrogens is 2. The van der Waals surface area contributed by atoms with Gasteiger partial charge in [0.25, 0.3) is 0 Å². The predicted molar refractivity (Wildman–Crippen MR) is 67.6 cm³/mol. The number of aryl methyl sites for hydroxylation is 1. The standard InChI is InChI=1S/C13H19N3/c1-10-7-12-5-6-16(13(12)14-8-10)9-11(2)15(3)4/h5-8,11H,9H2,1-4H3/t11-/m1/s1. The minimum absolute atomic E-state index is 0.513. The van der Waals surface area contributed by atoms with Crippen molar-refractivity contribution in [3.63, 3.8) is 0 Å². The van der Waals surface area contributed by atoms with Crippen molar-refractivity contribution in [3.05, 3.63) is 30.1 Å². The van der Waals surface area contributed by atoms with Gasteiger partial charge < -0.3 is 9.47 Å². The van der Waals surface area contributed by atoms with Gasteiger partial charge in [0.15, 0.2) is 0 Å². The van der Waals surface area contributed by atoms with Crippen LogP contribution >= 0.6 is 0 Å². The average Bonchev–Trinajstić information content (AvgIpc) is 2.60. The molecule has 3 heteroatoms. The highest BCUT2D eigenvalue weighted by molar-refractivity contribution is 5.76. The lowest BCUT2D eigenvalue weighted by Crippen LogP contribution is -2.29. The zero-order valence-electron chi connectivity index (χ0n) is 10.4. The van der Waals surface area contributed by atoms with Crippen molar-refractivity contribution >= 4 is 11.0 Å². The van der Waals surface area contributed by atoms with Crippen LogP contribution < -0.4 is 0 Å². The Morgan fingerprint density at radius 2 is 2.19 bits per heavy atom. The number of hydrogen-bond donors (Lipinski definition) is 0. The van der Waals surface area contributed by atoms with E-state index in [2.05, 4.69) is 60.7 Å². The third-order valence-corrected chi connectivity index (χ3v) is 3.08. The Labute approximate surface area is 96.7 Å². The zero-order chi connectivity index (χ0) is 11.7. The third kappa shape index (κ3) is 2.09. The maximum atomic E-state index is 4.50. The van der Waals surface area contributed by atoms with E-state index in [1.165, 1.54) is 10.9 Å². The fraction of sp³-hybridized carbons (Fsp3) is 0.462. The minimum Gasteiger partial charge on any atom is -0.331 e. The van der Waals surface area contributed by atoms with Crippen LogP contribution in [0.2, 0.25) is 0 Å². The second-order valence-electron chi connectivity index (χ2n) is 4.71. The first-order valence-corrected chi connectivity index (χ1v) is 5.66. The summed E-state index contributed by atoms with van der Waals surface area (Å²) >= 11 is 0. The van der Waals surface area contributed by atoms with Crippen molar-refractivity contribution < 1.29 is 0 Å². The van der Waals surface area contributed by atoms with Crippen molar-refractivity contribution in [1.29, 1.82) is 0 Å². The molecule has 3 nitrogen and oxygen atoms in total. The van der Waals surface area contributed by atoms with Crippen LogP contribution in [0.15, 0.2) is 24.5 Å². The van der Waals surface area contributed by atoms with E-state index in [1.807, 2.05) is 6.20 Å². The van der Waals surface area contributed by atoms with Crippen LogP contribution in [0.3, 0.4) is 0 Å². The molecule has 0 radical (unpaired) electrons. The maximum absolute atomic E-state index is 4.50. The number of likely N-dealkylation sites (N-methyl/N-ethyl adjacent to an activating group) is 1. The minimum atomic E-state index is 0.513. The summed E-state index contributed by atoms with van der Waals surface area (Å²) in [5, 5.41) is 1.23. The number of rotatable bonds is 3. The first kappa shape index (κ1) is 11.1. The lowest BCUT2D eigenvalue weighted by molar-refractivity contribution is 0.286. The van der Waals surface area contributed by atoms with E-state index in [0.717, 1.165) is 12.2 Å². The van der Waals surface area contributed by atoms with Crippen LogP contribution in [0.25, 0.3) is 11.0 Å². The lowest BCUT2D eigenvalue weighted by Gasteiger charge is -2.20. The topological polar surface area (TPSA) is 21.1 Å². The Hall–Kier alpha value is -1.35. The quantitative estimate of drug-likeness (QED) is 0.786. The molecule has 0 saturated carbocycles. The van der Waals surface area contributed by atoms with E-state index in [9.17, 15) is 0 Å². The Balaban J connectivity index is 2.32. The average molecular weight is 217 g/mol. The Morgan fingerprint density at radius 3 is 2.88 bits per heavy atom. The van der Waals surface area contributed by atoms with E-state index in [1.54, 1.807) is 0 Å². The molecule has 0 aliphatic heterocycles. The first-order valence-electron chi connectivity index (χ1n) is 5.66. The fourth-order valence-corrected chi connectivity index (χ4v) is 1.78. The van der Waals surface area contributed by atoms with Gasteiger partial charge >= 0.3 is 0 Å². The molecule has 2 rings (SSSR count). The summed E-state index contributed by atoms with van der Waals surface area (Å²) in [5.74, 6) is 0. The molecule has 0 fully saturated rings. The van der Waals surface area contributed by atoms with Gasteiger partial charge in [0.1, 0.15) is 5.65 Å². The summed E-state index contributed by atoms with van der Waals surface area (Å²) in [4.78, 5) is 6.72. The molecule has 0 saturated heterocycles. The molecule has 2 aromatic rings. The Morgan fingerprint density at radius 1 is 1.44 bits per heavy atom. The molecule has 0 spiro atoms. The van der Waals surface area contributed by atoms with E-state index >= 15 is 0 Å². The van der Waals surface area contributed by atoms with Gasteiger partial charge in [-0.3, -0.25) is 0 Å². The number of fused-ring (bicyclic) bond motifs is 1. The molecule has 0 bridgehead atoms. The lowest BCUT2D eigenvalue weighted by atomic mass is 10.2. The van der Waals surface area contributed by atoms with Gasteiger partial charge in [-0.15, -0.1) is 0 Å². The van der Waals surface area contributed by atoms with Crippen molar-refractivity contribution in [2.45, 2.75) is 26.4 Å². The largest absolute Gasteiger partial charge is 0.331 e. The van der Waals surface area contributed by atoms with E-state index in [4.69, 9.17) is 0 Å². The molecule has 2 aromatic heterocycles. The monoisotopic (exact) mass is 217 g/mol. The summed E-state index contributed by atoms with van der Waals surface area (Å²) in [5.41, 5.74) is 2.30. The molecule has 86 valence electrons. The molecule has 16 heavy (non-hydrogen) atoms. The van der Waals surface area contributed by atoms with Crippen LogP contribution in [0.4, 0.5) is 0 Å². The van der Waals surface area contributed by atoms with Crippen LogP contribution in [0.5, 0.6) is 0 Å². The van der Waals surface area contributed by atoms with E-state index in [0.29, 0.717) is 6.04 Å². The third-order valence-electron chi connectivity index (χ3n) is 3.08. The summed E-state index contributed by atoms with van der Waals surface area (Å²) in [6.07, 6.45) is 4.05. The van der Waals surface area contributed by atoms with Crippen molar-refractivity contribution in [3.8, 4) is 0 Å². The Kier molecular flexibility index (Phi) is 2.97. The summed E-state index contributed by atoms with van der Waals surface area (Å²) in [7, 11) is 4.21. The second-order valence-corrected chi connectivity index (χ2v) is 4.71. The molecule has 0 aromatic carbocycles. The molecular weight excluding hydrogens is 198 g/mol. The number of nitrogens with zero attached hydrogens (tertiary/aromatic N) is 3. The molecule has 0 unspecified atom stereocenters.